The van der Waals surface area contributed by atoms with Crippen molar-refractivity contribution < 1.29 is 9.84 Å². The van der Waals surface area contributed by atoms with E-state index in [1.54, 1.807) is 19.2 Å². The molecule has 0 spiro atoms. The number of ether oxygens (including phenoxy) is 1. The number of aromatic hydroxyl groups is 1. The van der Waals surface area contributed by atoms with Crippen molar-refractivity contribution in [2.45, 2.75) is 25.9 Å². The van der Waals surface area contributed by atoms with Crippen LogP contribution in [-0.4, -0.2) is 12.2 Å². The van der Waals surface area contributed by atoms with Gasteiger partial charge in [0.2, 0.25) is 0 Å². The summed E-state index contributed by atoms with van der Waals surface area (Å²) in [6.45, 7) is 2.88. The van der Waals surface area contributed by atoms with Crippen LogP contribution in [0.1, 0.15) is 30.5 Å². The number of phenolic OH excluding ortho intramolecular Hbond substituents is 1. The second-order valence-electron chi connectivity index (χ2n) is 4.76. The Bertz CT molecular complexity index is 540. The molecule has 0 aliphatic rings. The summed E-state index contributed by atoms with van der Waals surface area (Å²) in [4.78, 5) is 0. The molecule has 0 bridgehead atoms. The molecule has 0 saturated heterocycles. The number of phenols is 1. The molecule has 2 aromatic carbocycles. The van der Waals surface area contributed by atoms with E-state index in [0.717, 1.165) is 12.0 Å². The van der Waals surface area contributed by atoms with Crippen LogP contribution in [0.4, 0.5) is 0 Å². The molecule has 0 amide bonds. The van der Waals surface area contributed by atoms with Crippen molar-refractivity contribution in [1.82, 2.24) is 5.32 Å². The molecule has 2 rings (SSSR count). The van der Waals surface area contributed by atoms with Crippen LogP contribution in [0.15, 0.2) is 48.5 Å². The van der Waals surface area contributed by atoms with E-state index in [2.05, 4.69) is 36.5 Å². The second kappa shape index (κ2) is 6.96. The summed E-state index contributed by atoms with van der Waals surface area (Å²) in [5, 5.41) is 13.3. The van der Waals surface area contributed by atoms with Crippen LogP contribution in [0.5, 0.6) is 11.5 Å². The number of methoxy groups -OCH3 is 1. The van der Waals surface area contributed by atoms with Gasteiger partial charge in [-0.25, -0.2) is 0 Å². The number of rotatable bonds is 6. The lowest BCUT2D eigenvalue weighted by Gasteiger charge is -2.17. The van der Waals surface area contributed by atoms with E-state index in [0.29, 0.717) is 18.3 Å². The molecule has 3 nitrogen and oxygen atoms in total. The minimum Gasteiger partial charge on any atom is -0.504 e. The molecule has 2 aromatic rings. The van der Waals surface area contributed by atoms with Crippen molar-refractivity contribution in [3.05, 3.63) is 59.7 Å². The number of hydrogen-bond donors (Lipinski definition) is 2. The summed E-state index contributed by atoms with van der Waals surface area (Å²) < 4.78 is 5.05. The molecular formula is C17H21NO2. The zero-order valence-electron chi connectivity index (χ0n) is 12.0. The summed E-state index contributed by atoms with van der Waals surface area (Å²) >= 11 is 0. The zero-order chi connectivity index (χ0) is 14.4. The average Bonchev–Trinajstić information content (AvgIpc) is 2.49. The van der Waals surface area contributed by atoms with E-state index < -0.39 is 0 Å². The minimum absolute atomic E-state index is 0.180. The third-order valence-electron chi connectivity index (χ3n) is 3.41. The van der Waals surface area contributed by atoms with Crippen molar-refractivity contribution in [1.29, 1.82) is 0 Å². The van der Waals surface area contributed by atoms with Gasteiger partial charge in [-0.05, 0) is 29.7 Å². The fourth-order valence-corrected chi connectivity index (χ4v) is 2.27. The Morgan fingerprint density at radius 2 is 1.90 bits per heavy atom. The lowest BCUT2D eigenvalue weighted by atomic mass is 10.0. The number of nitrogens with one attached hydrogen (secondary N) is 1. The molecule has 0 fully saturated rings. The number of hydrogen-bond acceptors (Lipinski definition) is 3. The van der Waals surface area contributed by atoms with Crippen LogP contribution in [0.2, 0.25) is 0 Å². The maximum atomic E-state index is 9.78. The molecule has 0 saturated carbocycles. The Kier molecular flexibility index (Phi) is 5.02. The molecule has 1 atom stereocenters. The normalized spacial score (nSPS) is 12.1. The standard InChI is InChI=1S/C17H21NO2/c1-3-15(14-7-5-4-6-8-14)18-12-13-9-10-17(20-2)16(19)11-13/h4-11,15,18-19H,3,12H2,1-2H3. The molecule has 20 heavy (non-hydrogen) atoms. The molecular weight excluding hydrogens is 250 g/mol. The molecule has 3 heteroatoms. The van der Waals surface area contributed by atoms with Crippen molar-refractivity contribution in [2.24, 2.45) is 0 Å². The van der Waals surface area contributed by atoms with Gasteiger partial charge in [0.1, 0.15) is 0 Å². The van der Waals surface area contributed by atoms with Gasteiger partial charge < -0.3 is 15.2 Å². The van der Waals surface area contributed by atoms with E-state index in [1.165, 1.54) is 5.56 Å². The topological polar surface area (TPSA) is 41.5 Å². The highest BCUT2D eigenvalue weighted by Crippen LogP contribution is 2.26. The quantitative estimate of drug-likeness (QED) is 0.842. The largest absolute Gasteiger partial charge is 0.504 e. The summed E-state index contributed by atoms with van der Waals surface area (Å²) in [6.07, 6.45) is 1.02. The van der Waals surface area contributed by atoms with Gasteiger partial charge >= 0.3 is 0 Å². The van der Waals surface area contributed by atoms with Crippen molar-refractivity contribution in [3.8, 4) is 11.5 Å². The average molecular weight is 271 g/mol. The fraction of sp³-hybridized carbons (Fsp3) is 0.294. The van der Waals surface area contributed by atoms with Crippen LogP contribution < -0.4 is 10.1 Å². The van der Waals surface area contributed by atoms with Gasteiger partial charge in [0.25, 0.3) is 0 Å². The van der Waals surface area contributed by atoms with Crippen molar-refractivity contribution in [3.63, 3.8) is 0 Å². The Hall–Kier alpha value is -2.00. The van der Waals surface area contributed by atoms with Gasteiger partial charge in [-0.1, -0.05) is 43.3 Å². The lowest BCUT2D eigenvalue weighted by molar-refractivity contribution is 0.372. The van der Waals surface area contributed by atoms with E-state index >= 15 is 0 Å². The first-order valence-corrected chi connectivity index (χ1v) is 6.88. The van der Waals surface area contributed by atoms with Gasteiger partial charge in [-0.3, -0.25) is 0 Å². The fourth-order valence-electron chi connectivity index (χ4n) is 2.27. The summed E-state index contributed by atoms with van der Waals surface area (Å²) in [5.41, 5.74) is 2.32. The monoisotopic (exact) mass is 271 g/mol. The third kappa shape index (κ3) is 3.52. The van der Waals surface area contributed by atoms with Gasteiger partial charge in [-0.15, -0.1) is 0 Å². The van der Waals surface area contributed by atoms with E-state index in [4.69, 9.17) is 4.74 Å². The summed E-state index contributed by atoms with van der Waals surface area (Å²) in [7, 11) is 1.55. The smallest absolute Gasteiger partial charge is 0.160 e. The summed E-state index contributed by atoms with van der Waals surface area (Å²) in [5.74, 6) is 0.684. The van der Waals surface area contributed by atoms with Crippen LogP contribution in [0.25, 0.3) is 0 Å². The number of benzene rings is 2. The molecule has 106 valence electrons. The first-order chi connectivity index (χ1) is 9.74. The Labute approximate surface area is 120 Å². The molecule has 0 aliphatic carbocycles. The van der Waals surface area contributed by atoms with E-state index in [9.17, 15) is 5.11 Å². The van der Waals surface area contributed by atoms with Crippen molar-refractivity contribution in [2.75, 3.05) is 7.11 Å². The SMILES string of the molecule is CCC(NCc1ccc(OC)c(O)c1)c1ccccc1. The maximum absolute atomic E-state index is 9.78. The predicted molar refractivity (Wildman–Crippen MR) is 81.0 cm³/mol. The Morgan fingerprint density at radius 1 is 1.15 bits per heavy atom. The van der Waals surface area contributed by atoms with E-state index in [-0.39, 0.29) is 5.75 Å². The first kappa shape index (κ1) is 14.4. The van der Waals surface area contributed by atoms with Gasteiger partial charge in [0, 0.05) is 12.6 Å². The predicted octanol–water partition coefficient (Wildman–Crippen LogP) is 3.64. The molecule has 0 heterocycles. The second-order valence-corrected chi connectivity index (χ2v) is 4.76. The zero-order valence-corrected chi connectivity index (χ0v) is 12.0. The van der Waals surface area contributed by atoms with Crippen LogP contribution in [-0.2, 0) is 6.54 Å². The molecule has 1 unspecified atom stereocenters. The maximum Gasteiger partial charge on any atom is 0.160 e. The van der Waals surface area contributed by atoms with Crippen LogP contribution >= 0.6 is 0 Å². The van der Waals surface area contributed by atoms with E-state index in [1.807, 2.05) is 12.1 Å². The van der Waals surface area contributed by atoms with Gasteiger partial charge in [0.05, 0.1) is 7.11 Å². The Morgan fingerprint density at radius 3 is 2.50 bits per heavy atom. The first-order valence-electron chi connectivity index (χ1n) is 6.88. The molecule has 0 aliphatic heterocycles. The van der Waals surface area contributed by atoms with Crippen LogP contribution in [0.3, 0.4) is 0 Å². The summed E-state index contributed by atoms with van der Waals surface area (Å²) in [6, 6.07) is 16.2. The lowest BCUT2D eigenvalue weighted by Crippen LogP contribution is -2.20. The van der Waals surface area contributed by atoms with Gasteiger partial charge in [-0.2, -0.15) is 0 Å². The molecule has 0 aromatic heterocycles. The van der Waals surface area contributed by atoms with Crippen LogP contribution in [0, 0.1) is 0 Å². The third-order valence-corrected chi connectivity index (χ3v) is 3.41. The molecule has 0 radical (unpaired) electrons. The van der Waals surface area contributed by atoms with Gasteiger partial charge in [0.15, 0.2) is 11.5 Å². The highest BCUT2D eigenvalue weighted by Gasteiger charge is 2.09. The van der Waals surface area contributed by atoms with Crippen molar-refractivity contribution >= 4 is 0 Å². The highest BCUT2D eigenvalue weighted by atomic mass is 16.5. The molecule has 2 N–H and O–H groups in total. The highest BCUT2D eigenvalue weighted by molar-refractivity contribution is 5.41. The Balaban J connectivity index is 2.02. The minimum atomic E-state index is 0.180.